The van der Waals surface area contributed by atoms with E-state index in [0.29, 0.717) is 5.02 Å². The molecule has 4 aromatic rings. The molecule has 2 bridgehead atoms. The molecule has 3 aliphatic carbocycles. The number of ketones is 1. The molecule has 0 spiro atoms. The Balaban J connectivity index is 1.33. The van der Waals surface area contributed by atoms with E-state index in [9.17, 15) is 23.6 Å². The summed E-state index contributed by atoms with van der Waals surface area (Å²) < 4.78 is 13.5. The number of hydrogen-bond donors (Lipinski definition) is 0. The van der Waals surface area contributed by atoms with E-state index >= 15 is 0 Å². The molecule has 6 nitrogen and oxygen atoms in total. The third-order valence-corrected chi connectivity index (χ3v) is 8.70. The second-order valence-corrected chi connectivity index (χ2v) is 11.0. The van der Waals surface area contributed by atoms with E-state index in [1.165, 1.54) is 36.4 Å². The summed E-state index contributed by atoms with van der Waals surface area (Å²) in [5, 5.41) is 2.22. The molecule has 0 unspecified atom stereocenters. The summed E-state index contributed by atoms with van der Waals surface area (Å²) in [5.41, 5.74) is 4.30. The van der Waals surface area contributed by atoms with Crippen molar-refractivity contribution < 1.29 is 23.6 Å². The van der Waals surface area contributed by atoms with E-state index in [4.69, 9.17) is 11.6 Å². The van der Waals surface area contributed by atoms with Crippen molar-refractivity contribution in [2.75, 3.05) is 6.54 Å². The average Bonchev–Trinajstić information content (AvgIpc) is 3.26. The van der Waals surface area contributed by atoms with Crippen LogP contribution in [0.25, 0.3) is 0 Å². The molecular weight excluding hydrogens is 543 g/mol. The van der Waals surface area contributed by atoms with Crippen LogP contribution in [0.4, 0.5) is 4.39 Å². The van der Waals surface area contributed by atoms with Crippen LogP contribution in [0.2, 0.25) is 5.02 Å². The van der Waals surface area contributed by atoms with Crippen LogP contribution in [-0.2, 0) is 9.59 Å². The molecular formula is C33H22ClFN2O4. The van der Waals surface area contributed by atoms with Gasteiger partial charge in [0.25, 0.3) is 17.7 Å². The topological polar surface area (TPSA) is 74.8 Å². The normalized spacial score (nSPS) is 21.8. The molecule has 4 aliphatic rings. The Labute approximate surface area is 239 Å². The lowest BCUT2D eigenvalue weighted by Crippen LogP contribution is -2.52. The molecule has 1 fully saturated rings. The summed E-state index contributed by atoms with van der Waals surface area (Å²) >= 11 is 6.03. The highest BCUT2D eigenvalue weighted by Gasteiger charge is 2.63. The lowest BCUT2D eigenvalue weighted by Gasteiger charge is -2.45. The molecule has 2 atom stereocenters. The predicted octanol–water partition coefficient (Wildman–Crippen LogP) is 5.61. The van der Waals surface area contributed by atoms with Crippen LogP contribution < -0.4 is 0 Å². The molecule has 3 amide bonds. The number of imide groups is 1. The smallest absolute Gasteiger partial charge is 0.273 e. The molecule has 0 saturated carbocycles. The Morgan fingerprint density at radius 1 is 0.683 bits per heavy atom. The molecule has 1 saturated heterocycles. The van der Waals surface area contributed by atoms with Crippen LogP contribution in [0.15, 0.2) is 97.1 Å². The van der Waals surface area contributed by atoms with Crippen molar-refractivity contribution >= 4 is 35.1 Å². The Bertz CT molecular complexity index is 1640. The second-order valence-electron chi connectivity index (χ2n) is 10.6. The van der Waals surface area contributed by atoms with E-state index in [1.807, 2.05) is 48.5 Å². The van der Waals surface area contributed by atoms with Gasteiger partial charge in [0.15, 0.2) is 5.78 Å². The number of hydrogen-bond acceptors (Lipinski definition) is 4. The molecule has 0 N–H and O–H groups in total. The number of rotatable bonds is 5. The van der Waals surface area contributed by atoms with Crippen LogP contribution >= 0.6 is 11.6 Å². The van der Waals surface area contributed by atoms with Gasteiger partial charge in [-0.3, -0.25) is 19.2 Å². The van der Waals surface area contributed by atoms with E-state index < -0.39 is 47.7 Å². The van der Waals surface area contributed by atoms with Gasteiger partial charge in [-0.25, -0.2) is 9.40 Å². The highest BCUT2D eigenvalue weighted by molar-refractivity contribution is 6.30. The summed E-state index contributed by atoms with van der Waals surface area (Å²) in [6, 6.07) is 26.6. The summed E-state index contributed by atoms with van der Waals surface area (Å²) in [6.45, 7) is -0.584. The first-order valence-corrected chi connectivity index (χ1v) is 13.6. The summed E-state index contributed by atoms with van der Waals surface area (Å²) in [6.07, 6.45) is 0. The highest BCUT2D eigenvalue weighted by Crippen LogP contribution is 2.61. The molecule has 0 aromatic heterocycles. The zero-order valence-corrected chi connectivity index (χ0v) is 22.3. The van der Waals surface area contributed by atoms with Crippen molar-refractivity contribution in [1.82, 2.24) is 10.0 Å². The number of amides is 3. The van der Waals surface area contributed by atoms with Crippen molar-refractivity contribution in [2.24, 2.45) is 11.8 Å². The molecule has 8 rings (SSSR count). The second kappa shape index (κ2) is 9.49. The van der Waals surface area contributed by atoms with E-state index in [-0.39, 0.29) is 23.0 Å². The fourth-order valence-electron chi connectivity index (χ4n) is 6.74. The van der Waals surface area contributed by atoms with E-state index in [0.717, 1.165) is 44.4 Å². The van der Waals surface area contributed by atoms with Crippen molar-refractivity contribution in [3.05, 3.63) is 141 Å². The van der Waals surface area contributed by atoms with Gasteiger partial charge in [0.05, 0.1) is 11.8 Å². The van der Waals surface area contributed by atoms with Crippen LogP contribution in [0.5, 0.6) is 0 Å². The summed E-state index contributed by atoms with van der Waals surface area (Å²) in [4.78, 5) is 55.8. The Morgan fingerprint density at radius 2 is 1.12 bits per heavy atom. The first kappa shape index (κ1) is 25.4. The molecule has 8 heteroatoms. The maximum absolute atomic E-state index is 14.3. The minimum absolute atomic E-state index is 0.150. The first-order chi connectivity index (χ1) is 19.8. The average molecular weight is 565 g/mol. The zero-order valence-electron chi connectivity index (χ0n) is 21.5. The molecule has 202 valence electrons. The fraction of sp³-hybridized carbons (Fsp3) is 0.152. The maximum atomic E-state index is 14.3. The maximum Gasteiger partial charge on any atom is 0.273 e. The quantitative estimate of drug-likeness (QED) is 0.233. The molecule has 1 aliphatic heterocycles. The minimum atomic E-state index is -0.723. The Morgan fingerprint density at radius 3 is 1.59 bits per heavy atom. The molecule has 41 heavy (non-hydrogen) atoms. The Kier molecular flexibility index (Phi) is 5.87. The first-order valence-electron chi connectivity index (χ1n) is 13.3. The van der Waals surface area contributed by atoms with E-state index in [2.05, 4.69) is 0 Å². The van der Waals surface area contributed by atoms with Gasteiger partial charge in [-0.1, -0.05) is 60.1 Å². The number of Topliss-reactive ketones (excluding diaryl/α,β-unsaturated/α-hetero) is 1. The van der Waals surface area contributed by atoms with Gasteiger partial charge in [0, 0.05) is 28.0 Å². The molecule has 4 aromatic carbocycles. The monoisotopic (exact) mass is 564 g/mol. The number of halogens is 2. The number of nitrogens with zero attached hydrogens (tertiary/aromatic N) is 2. The van der Waals surface area contributed by atoms with Gasteiger partial charge >= 0.3 is 0 Å². The molecule has 0 radical (unpaired) electrons. The van der Waals surface area contributed by atoms with E-state index in [1.54, 1.807) is 0 Å². The predicted molar refractivity (Wildman–Crippen MR) is 149 cm³/mol. The van der Waals surface area contributed by atoms with Gasteiger partial charge < -0.3 is 0 Å². The Hall–Kier alpha value is -4.62. The number of carbonyl (C=O) groups excluding carboxylic acids is 4. The number of benzene rings is 4. The van der Waals surface area contributed by atoms with Crippen LogP contribution in [0.1, 0.15) is 54.8 Å². The van der Waals surface area contributed by atoms with Crippen molar-refractivity contribution in [1.29, 1.82) is 0 Å². The van der Waals surface area contributed by atoms with Crippen LogP contribution in [-0.4, -0.2) is 40.1 Å². The minimum Gasteiger partial charge on any atom is -0.292 e. The standard InChI is InChI=1S/C33H22ClFN2O4/c34-20-13-9-19(10-14-20)31(39)36(17-26(38)18-11-15-21(35)16-12-18)37-32(40)29-27-22-5-1-2-6-23(22)28(30(29)33(37)41)25-8-4-3-7-24(25)27/h1-16,27-30H,17H2/t27?,28?,29-,30+. The van der Waals surface area contributed by atoms with Gasteiger partial charge in [0.2, 0.25) is 0 Å². The largest absolute Gasteiger partial charge is 0.292 e. The van der Waals surface area contributed by atoms with Gasteiger partial charge in [-0.15, -0.1) is 0 Å². The highest BCUT2D eigenvalue weighted by atomic mass is 35.5. The van der Waals surface area contributed by atoms with Crippen LogP contribution in [0, 0.1) is 17.7 Å². The van der Waals surface area contributed by atoms with Crippen molar-refractivity contribution in [2.45, 2.75) is 11.8 Å². The third kappa shape index (κ3) is 3.84. The summed E-state index contributed by atoms with van der Waals surface area (Å²) in [5.74, 6) is -4.96. The molecule has 1 heterocycles. The summed E-state index contributed by atoms with van der Waals surface area (Å²) in [7, 11) is 0. The van der Waals surface area contributed by atoms with Crippen LogP contribution in [0.3, 0.4) is 0 Å². The number of carbonyl (C=O) groups is 4. The van der Waals surface area contributed by atoms with Crippen molar-refractivity contribution in [3.8, 4) is 0 Å². The zero-order chi connectivity index (χ0) is 28.4. The number of hydrazine groups is 1. The van der Waals surface area contributed by atoms with Gasteiger partial charge in [-0.2, -0.15) is 5.01 Å². The van der Waals surface area contributed by atoms with Gasteiger partial charge in [0.1, 0.15) is 12.4 Å². The van der Waals surface area contributed by atoms with Gasteiger partial charge in [-0.05, 0) is 70.8 Å². The van der Waals surface area contributed by atoms with Crippen molar-refractivity contribution in [3.63, 3.8) is 0 Å². The lowest BCUT2D eigenvalue weighted by atomic mass is 9.55. The fourth-order valence-corrected chi connectivity index (χ4v) is 6.86. The third-order valence-electron chi connectivity index (χ3n) is 8.45. The SMILES string of the molecule is O=C(CN(C(=O)c1ccc(Cl)cc1)N1C(=O)[C@@H]2C3c4ccccc4C(c4ccccc43)[C@@H]2C1=O)c1ccc(F)cc1. The lowest BCUT2D eigenvalue weighted by molar-refractivity contribution is -0.154.